The monoisotopic (exact) mass is 529 g/mol. The van der Waals surface area contributed by atoms with E-state index in [1.807, 2.05) is 31.2 Å². The first-order chi connectivity index (χ1) is 18.4. The lowest BCUT2D eigenvalue weighted by Crippen LogP contribution is -2.20. The Morgan fingerprint density at radius 2 is 1.47 bits per heavy atom. The van der Waals surface area contributed by atoms with E-state index < -0.39 is 0 Å². The van der Waals surface area contributed by atoms with Gasteiger partial charge in [0.2, 0.25) is 11.7 Å². The standard InChI is InChI=1S/C29H39NO8/c1-7-14-37-28-19(10-9-13-30(32)27(31)8-2)15-20(16-24(28)33-3)22-11-12-23(38-22)21-17-25(34-4)29(36-6)26(18-21)35-5/h9,13,15-18,22-23,32H,7-8,10-12,14H2,1-6H3/t22-,23-/m0/s1. The zero-order valence-electron chi connectivity index (χ0n) is 23.1. The summed E-state index contributed by atoms with van der Waals surface area (Å²) in [5.41, 5.74) is 2.79. The highest BCUT2D eigenvalue weighted by Gasteiger charge is 2.31. The molecule has 1 aliphatic heterocycles. The molecule has 9 nitrogen and oxygen atoms in total. The molecule has 0 spiro atoms. The lowest BCUT2D eigenvalue weighted by molar-refractivity contribution is -0.153. The van der Waals surface area contributed by atoms with Gasteiger partial charge in [0.25, 0.3) is 0 Å². The molecular weight excluding hydrogens is 490 g/mol. The van der Waals surface area contributed by atoms with E-state index in [-0.39, 0.29) is 24.5 Å². The number of benzene rings is 2. The van der Waals surface area contributed by atoms with Crippen molar-refractivity contribution in [2.45, 2.75) is 58.2 Å². The third kappa shape index (κ3) is 6.71. The first kappa shape index (κ1) is 29.1. The van der Waals surface area contributed by atoms with Crippen molar-refractivity contribution in [3.8, 4) is 28.7 Å². The van der Waals surface area contributed by atoms with Gasteiger partial charge in [-0.1, -0.05) is 19.9 Å². The second kappa shape index (κ2) is 13.9. The minimum absolute atomic E-state index is 0.151. The Hall–Kier alpha value is -3.43. The van der Waals surface area contributed by atoms with Crippen molar-refractivity contribution in [2.75, 3.05) is 35.0 Å². The Morgan fingerprint density at radius 1 is 0.921 bits per heavy atom. The maximum atomic E-state index is 11.7. The van der Waals surface area contributed by atoms with Crippen LogP contribution in [0.1, 0.15) is 68.4 Å². The van der Waals surface area contributed by atoms with Crippen molar-refractivity contribution in [3.63, 3.8) is 0 Å². The first-order valence-corrected chi connectivity index (χ1v) is 12.9. The number of rotatable bonds is 13. The molecular formula is C29H39NO8. The molecule has 0 saturated carbocycles. The molecule has 38 heavy (non-hydrogen) atoms. The van der Waals surface area contributed by atoms with Crippen LogP contribution in [0.5, 0.6) is 28.7 Å². The minimum Gasteiger partial charge on any atom is -0.493 e. The van der Waals surface area contributed by atoms with Crippen LogP contribution in [0.4, 0.5) is 0 Å². The van der Waals surface area contributed by atoms with Crippen molar-refractivity contribution in [1.29, 1.82) is 0 Å². The average Bonchev–Trinajstić information content (AvgIpc) is 3.45. The van der Waals surface area contributed by atoms with Crippen molar-refractivity contribution >= 4 is 5.91 Å². The molecule has 0 aliphatic carbocycles. The van der Waals surface area contributed by atoms with Gasteiger partial charge in [0, 0.05) is 18.2 Å². The molecule has 9 heteroatoms. The molecule has 1 N–H and O–H groups in total. The molecule has 0 aromatic heterocycles. The van der Waals surface area contributed by atoms with E-state index in [9.17, 15) is 10.0 Å². The minimum atomic E-state index is -0.382. The number of methoxy groups -OCH3 is 4. The molecule has 1 aliphatic rings. The number of carbonyl (C=O) groups is 1. The largest absolute Gasteiger partial charge is 0.493 e. The summed E-state index contributed by atoms with van der Waals surface area (Å²) in [6.07, 6.45) is 5.88. The summed E-state index contributed by atoms with van der Waals surface area (Å²) in [5, 5.41) is 10.5. The second-order valence-corrected chi connectivity index (χ2v) is 8.89. The van der Waals surface area contributed by atoms with Crippen molar-refractivity contribution in [3.05, 3.63) is 53.2 Å². The second-order valence-electron chi connectivity index (χ2n) is 8.89. The molecule has 2 atom stereocenters. The summed E-state index contributed by atoms with van der Waals surface area (Å²) in [5.74, 6) is 2.59. The lowest BCUT2D eigenvalue weighted by Gasteiger charge is -2.20. The van der Waals surface area contributed by atoms with Gasteiger partial charge in [0.15, 0.2) is 23.0 Å². The van der Waals surface area contributed by atoms with E-state index in [4.69, 9.17) is 28.4 Å². The highest BCUT2D eigenvalue weighted by atomic mass is 16.5. The maximum Gasteiger partial charge on any atom is 0.249 e. The van der Waals surface area contributed by atoms with E-state index in [1.165, 1.54) is 6.20 Å². The highest BCUT2D eigenvalue weighted by Crippen LogP contribution is 2.47. The van der Waals surface area contributed by atoms with Crippen LogP contribution in [0.25, 0.3) is 0 Å². The smallest absolute Gasteiger partial charge is 0.249 e. The number of carbonyl (C=O) groups excluding carboxylic acids is 1. The predicted octanol–water partition coefficient (Wildman–Crippen LogP) is 5.79. The Labute approximate surface area is 224 Å². The zero-order valence-corrected chi connectivity index (χ0v) is 23.1. The number of hydrogen-bond acceptors (Lipinski definition) is 8. The molecule has 1 heterocycles. The molecule has 0 bridgehead atoms. The summed E-state index contributed by atoms with van der Waals surface area (Å²) in [7, 11) is 6.38. The lowest BCUT2D eigenvalue weighted by atomic mass is 9.99. The van der Waals surface area contributed by atoms with Crippen molar-refractivity contribution in [1.82, 2.24) is 5.06 Å². The van der Waals surface area contributed by atoms with Gasteiger partial charge in [-0.3, -0.25) is 10.0 Å². The van der Waals surface area contributed by atoms with E-state index in [2.05, 4.69) is 0 Å². The normalized spacial score (nSPS) is 16.9. The van der Waals surface area contributed by atoms with Gasteiger partial charge < -0.3 is 28.4 Å². The number of hydrogen-bond donors (Lipinski definition) is 1. The Morgan fingerprint density at radius 3 is 1.97 bits per heavy atom. The van der Waals surface area contributed by atoms with Crippen LogP contribution < -0.4 is 23.7 Å². The predicted molar refractivity (Wildman–Crippen MR) is 142 cm³/mol. The molecule has 0 unspecified atom stereocenters. The molecule has 3 rings (SSSR count). The highest BCUT2D eigenvalue weighted by molar-refractivity contribution is 5.75. The van der Waals surface area contributed by atoms with Crippen LogP contribution in [0.3, 0.4) is 0 Å². The SMILES string of the molecule is CCCOc1c(CC=CN(O)C(=O)CC)cc([C@@H]2CC[C@@H](c3cc(OC)c(OC)c(OC)c3)O2)cc1OC. The van der Waals surface area contributed by atoms with Crippen LogP contribution in [0.15, 0.2) is 36.5 Å². The third-order valence-electron chi connectivity index (χ3n) is 6.42. The third-order valence-corrected chi connectivity index (χ3v) is 6.42. The molecule has 208 valence electrons. The topological polar surface area (TPSA) is 95.9 Å². The van der Waals surface area contributed by atoms with E-state index in [1.54, 1.807) is 41.4 Å². The number of nitrogens with zero attached hydrogens (tertiary/aromatic N) is 1. The van der Waals surface area contributed by atoms with Crippen molar-refractivity contribution in [2.24, 2.45) is 0 Å². The fraction of sp³-hybridized carbons (Fsp3) is 0.483. The summed E-state index contributed by atoms with van der Waals surface area (Å²) >= 11 is 0. The Kier molecular flexibility index (Phi) is 10.7. The number of ether oxygens (including phenoxy) is 6. The van der Waals surface area contributed by atoms with Gasteiger partial charge in [0.1, 0.15) is 0 Å². The van der Waals surface area contributed by atoms with Gasteiger partial charge in [-0.15, -0.1) is 0 Å². The average molecular weight is 530 g/mol. The van der Waals surface area contributed by atoms with Crippen LogP contribution in [0.2, 0.25) is 0 Å². The summed E-state index contributed by atoms with van der Waals surface area (Å²) < 4.78 is 34.7. The van der Waals surface area contributed by atoms with Crippen LogP contribution >= 0.6 is 0 Å². The van der Waals surface area contributed by atoms with E-state index in [0.717, 1.165) is 36.0 Å². The molecule has 2 aromatic carbocycles. The van der Waals surface area contributed by atoms with Crippen molar-refractivity contribution < 1.29 is 38.4 Å². The molecule has 2 aromatic rings. The van der Waals surface area contributed by atoms with Crippen LogP contribution in [-0.4, -0.2) is 51.2 Å². The molecule has 1 saturated heterocycles. The fourth-order valence-corrected chi connectivity index (χ4v) is 4.48. The fourth-order valence-electron chi connectivity index (χ4n) is 4.48. The molecule has 1 fully saturated rings. The van der Waals surface area contributed by atoms with Gasteiger partial charge in [0.05, 0.1) is 47.3 Å². The van der Waals surface area contributed by atoms with E-state index in [0.29, 0.717) is 46.8 Å². The molecule has 0 radical (unpaired) electrons. The summed E-state index contributed by atoms with van der Waals surface area (Å²) in [4.78, 5) is 11.7. The summed E-state index contributed by atoms with van der Waals surface area (Å²) in [6, 6.07) is 7.85. The quantitative estimate of drug-likeness (QED) is 0.257. The number of hydroxylamine groups is 2. The van der Waals surface area contributed by atoms with Gasteiger partial charge in [-0.25, -0.2) is 0 Å². The first-order valence-electron chi connectivity index (χ1n) is 12.9. The number of allylic oxidation sites excluding steroid dienone is 1. The Balaban J connectivity index is 1.89. The summed E-state index contributed by atoms with van der Waals surface area (Å²) in [6.45, 7) is 4.27. The van der Waals surface area contributed by atoms with E-state index >= 15 is 0 Å². The van der Waals surface area contributed by atoms with Crippen LogP contribution in [-0.2, 0) is 16.0 Å². The number of amides is 1. The molecule has 1 amide bonds. The maximum absolute atomic E-state index is 11.7. The zero-order chi connectivity index (χ0) is 27.7. The van der Waals surface area contributed by atoms with Crippen LogP contribution in [0, 0.1) is 0 Å². The van der Waals surface area contributed by atoms with Gasteiger partial charge in [-0.2, -0.15) is 5.06 Å². The van der Waals surface area contributed by atoms with Gasteiger partial charge in [-0.05, 0) is 61.1 Å². The van der Waals surface area contributed by atoms with Gasteiger partial charge >= 0.3 is 0 Å². The Bertz CT molecular complexity index is 1090.